The molecule has 1 nitrogen and oxygen atoms in total. The fourth-order valence-corrected chi connectivity index (χ4v) is 2.71. The highest BCUT2D eigenvalue weighted by atomic mass is 16.3. The minimum absolute atomic E-state index is 0.946. The number of hydrogen-bond donors (Lipinski definition) is 0. The SMILES string of the molecule is Bc1ccc(-c2cccc3c2oc2ccccc23)cc1. The molecule has 0 amide bonds. The van der Waals surface area contributed by atoms with E-state index in [-0.39, 0.29) is 0 Å². The third-order valence-corrected chi connectivity index (χ3v) is 3.77. The van der Waals surface area contributed by atoms with Gasteiger partial charge in [-0.2, -0.15) is 0 Å². The van der Waals surface area contributed by atoms with Crippen LogP contribution in [-0.2, 0) is 0 Å². The van der Waals surface area contributed by atoms with E-state index in [1.807, 2.05) is 12.1 Å². The smallest absolute Gasteiger partial charge is 0.143 e. The highest BCUT2D eigenvalue weighted by Crippen LogP contribution is 2.35. The minimum Gasteiger partial charge on any atom is -0.455 e. The number of hydrogen-bond acceptors (Lipinski definition) is 1. The molecule has 20 heavy (non-hydrogen) atoms. The van der Waals surface area contributed by atoms with Crippen molar-refractivity contribution in [2.45, 2.75) is 0 Å². The summed E-state index contributed by atoms with van der Waals surface area (Å²) in [5.41, 5.74) is 5.53. The molecule has 0 saturated heterocycles. The zero-order valence-corrected chi connectivity index (χ0v) is 11.3. The minimum atomic E-state index is 0.946. The van der Waals surface area contributed by atoms with Crippen molar-refractivity contribution in [3.8, 4) is 11.1 Å². The molecule has 0 atom stereocenters. The predicted molar refractivity (Wildman–Crippen MR) is 87.3 cm³/mol. The highest BCUT2D eigenvalue weighted by molar-refractivity contribution is 6.32. The molecule has 0 unspecified atom stereocenters. The molecule has 94 valence electrons. The Morgan fingerprint density at radius 3 is 2.30 bits per heavy atom. The Morgan fingerprint density at radius 2 is 1.45 bits per heavy atom. The molecule has 0 fully saturated rings. The molecule has 0 aliphatic heterocycles. The van der Waals surface area contributed by atoms with Crippen molar-refractivity contribution in [2.75, 3.05) is 0 Å². The maximum atomic E-state index is 6.07. The van der Waals surface area contributed by atoms with E-state index in [0.717, 1.165) is 16.7 Å². The van der Waals surface area contributed by atoms with Crippen LogP contribution in [0, 0.1) is 0 Å². The first-order chi connectivity index (χ1) is 9.83. The summed E-state index contributed by atoms with van der Waals surface area (Å²) in [5.74, 6) is 0. The summed E-state index contributed by atoms with van der Waals surface area (Å²) in [6, 6.07) is 23.1. The standard InChI is InChI=1S/C18H13BO/c19-13-10-8-12(9-11-13)14-5-3-6-16-15-4-1-2-7-17(15)20-18(14)16/h1-11H,19H2. The van der Waals surface area contributed by atoms with Gasteiger partial charge in [-0.3, -0.25) is 0 Å². The summed E-state index contributed by atoms with van der Waals surface area (Å²) in [7, 11) is 2.10. The zero-order chi connectivity index (χ0) is 13.5. The van der Waals surface area contributed by atoms with E-state index in [4.69, 9.17) is 4.42 Å². The molecule has 4 aromatic rings. The topological polar surface area (TPSA) is 13.1 Å². The first kappa shape index (κ1) is 11.4. The Labute approximate surface area is 118 Å². The molecule has 0 spiro atoms. The van der Waals surface area contributed by atoms with Crippen LogP contribution in [0.5, 0.6) is 0 Å². The van der Waals surface area contributed by atoms with E-state index in [9.17, 15) is 0 Å². The van der Waals surface area contributed by atoms with Crippen LogP contribution in [-0.4, -0.2) is 7.85 Å². The van der Waals surface area contributed by atoms with Gasteiger partial charge < -0.3 is 4.42 Å². The van der Waals surface area contributed by atoms with Gasteiger partial charge in [0.05, 0.1) is 0 Å². The average molecular weight is 256 g/mol. The molecule has 1 aromatic heterocycles. The second-order valence-electron chi connectivity index (χ2n) is 5.15. The summed E-state index contributed by atoms with van der Waals surface area (Å²) in [6.45, 7) is 0. The molecule has 0 radical (unpaired) electrons. The van der Waals surface area contributed by atoms with Crippen molar-refractivity contribution in [1.82, 2.24) is 0 Å². The second kappa shape index (κ2) is 4.27. The van der Waals surface area contributed by atoms with Crippen LogP contribution >= 0.6 is 0 Å². The van der Waals surface area contributed by atoms with Crippen molar-refractivity contribution in [2.24, 2.45) is 0 Å². The van der Waals surface area contributed by atoms with Gasteiger partial charge in [0.2, 0.25) is 0 Å². The first-order valence-corrected chi connectivity index (χ1v) is 6.80. The van der Waals surface area contributed by atoms with Gasteiger partial charge >= 0.3 is 0 Å². The molecule has 0 bridgehead atoms. The molecule has 0 aliphatic rings. The summed E-state index contributed by atoms with van der Waals surface area (Å²) in [6.07, 6.45) is 0. The van der Waals surface area contributed by atoms with Crippen LogP contribution in [0.15, 0.2) is 71.1 Å². The van der Waals surface area contributed by atoms with Crippen molar-refractivity contribution in [1.29, 1.82) is 0 Å². The van der Waals surface area contributed by atoms with Gasteiger partial charge in [-0.25, -0.2) is 0 Å². The summed E-state index contributed by atoms with van der Waals surface area (Å²) in [4.78, 5) is 0. The molecule has 2 heteroatoms. The Hall–Kier alpha value is -2.48. The summed E-state index contributed by atoms with van der Waals surface area (Å²) >= 11 is 0. The number of benzene rings is 3. The van der Waals surface area contributed by atoms with Crippen LogP contribution in [0.3, 0.4) is 0 Å². The van der Waals surface area contributed by atoms with Crippen molar-refractivity contribution < 1.29 is 4.42 Å². The quantitative estimate of drug-likeness (QED) is 0.475. The van der Waals surface area contributed by atoms with Gasteiger partial charge in [-0.15, -0.1) is 0 Å². The number of para-hydroxylation sites is 2. The predicted octanol–water partition coefficient (Wildman–Crippen LogP) is 3.51. The molecule has 1 heterocycles. The zero-order valence-electron chi connectivity index (χ0n) is 11.3. The Bertz CT molecular complexity index is 904. The lowest BCUT2D eigenvalue weighted by atomic mass is 9.93. The molecule has 0 aliphatic carbocycles. The van der Waals surface area contributed by atoms with Gasteiger partial charge in [0.15, 0.2) is 0 Å². The Kier molecular flexibility index (Phi) is 2.43. The largest absolute Gasteiger partial charge is 0.455 e. The summed E-state index contributed by atoms with van der Waals surface area (Å²) < 4.78 is 6.07. The Morgan fingerprint density at radius 1 is 0.700 bits per heavy atom. The number of fused-ring (bicyclic) bond motifs is 3. The van der Waals surface area contributed by atoms with E-state index in [0.29, 0.717) is 0 Å². The third kappa shape index (κ3) is 1.65. The lowest BCUT2D eigenvalue weighted by Crippen LogP contribution is -1.99. The maximum Gasteiger partial charge on any atom is 0.143 e. The van der Waals surface area contributed by atoms with Gasteiger partial charge in [-0.1, -0.05) is 66.1 Å². The van der Waals surface area contributed by atoms with Crippen molar-refractivity contribution in [3.63, 3.8) is 0 Å². The van der Waals surface area contributed by atoms with Crippen LogP contribution in [0.1, 0.15) is 0 Å². The van der Waals surface area contributed by atoms with Gasteiger partial charge in [0.25, 0.3) is 0 Å². The summed E-state index contributed by atoms with van der Waals surface area (Å²) in [5, 5.41) is 2.36. The first-order valence-electron chi connectivity index (χ1n) is 6.80. The van der Waals surface area contributed by atoms with E-state index < -0.39 is 0 Å². The maximum absolute atomic E-state index is 6.07. The van der Waals surface area contributed by atoms with E-state index in [1.165, 1.54) is 21.8 Å². The van der Waals surface area contributed by atoms with Gasteiger partial charge in [-0.05, 0) is 11.6 Å². The lowest BCUT2D eigenvalue weighted by molar-refractivity contribution is 0.670. The fraction of sp³-hybridized carbons (Fsp3) is 0. The van der Waals surface area contributed by atoms with Crippen LogP contribution in [0.25, 0.3) is 33.1 Å². The molecular formula is C18H13BO. The molecule has 4 rings (SSSR count). The average Bonchev–Trinajstić information content (AvgIpc) is 2.87. The van der Waals surface area contributed by atoms with Gasteiger partial charge in [0.1, 0.15) is 19.0 Å². The van der Waals surface area contributed by atoms with E-state index in [2.05, 4.69) is 62.4 Å². The number of furan rings is 1. The van der Waals surface area contributed by atoms with Crippen LogP contribution < -0.4 is 5.46 Å². The molecule has 0 N–H and O–H groups in total. The second-order valence-corrected chi connectivity index (χ2v) is 5.15. The van der Waals surface area contributed by atoms with Crippen molar-refractivity contribution in [3.05, 3.63) is 66.7 Å². The van der Waals surface area contributed by atoms with Crippen LogP contribution in [0.2, 0.25) is 0 Å². The monoisotopic (exact) mass is 256 g/mol. The normalized spacial score (nSPS) is 11.2. The highest BCUT2D eigenvalue weighted by Gasteiger charge is 2.11. The fourth-order valence-electron chi connectivity index (χ4n) is 2.71. The molecular weight excluding hydrogens is 243 g/mol. The lowest BCUT2D eigenvalue weighted by Gasteiger charge is -2.03. The molecule has 3 aromatic carbocycles. The Balaban J connectivity index is 2.07. The van der Waals surface area contributed by atoms with Crippen LogP contribution in [0.4, 0.5) is 0 Å². The van der Waals surface area contributed by atoms with Gasteiger partial charge in [0, 0.05) is 16.3 Å². The molecule has 0 saturated carbocycles. The third-order valence-electron chi connectivity index (χ3n) is 3.77. The van der Waals surface area contributed by atoms with E-state index >= 15 is 0 Å². The van der Waals surface area contributed by atoms with Crippen molar-refractivity contribution >= 4 is 35.2 Å². The van der Waals surface area contributed by atoms with E-state index in [1.54, 1.807) is 0 Å². The number of rotatable bonds is 1.